The van der Waals surface area contributed by atoms with Gasteiger partial charge in [-0.05, 0) is 18.1 Å². The van der Waals surface area contributed by atoms with Gasteiger partial charge in [-0.1, -0.05) is 6.92 Å². The summed E-state index contributed by atoms with van der Waals surface area (Å²) in [7, 11) is 0. The fourth-order valence-electron chi connectivity index (χ4n) is 1.02. The van der Waals surface area contributed by atoms with E-state index in [2.05, 4.69) is 4.98 Å². The summed E-state index contributed by atoms with van der Waals surface area (Å²) in [6.45, 7) is 1.43. The van der Waals surface area contributed by atoms with Crippen LogP contribution in [-0.2, 0) is 11.2 Å². The second-order valence-corrected chi connectivity index (χ2v) is 3.04. The highest BCUT2D eigenvalue weighted by atomic mass is 19.1. The Morgan fingerprint density at radius 1 is 1.64 bits per heavy atom. The van der Waals surface area contributed by atoms with Gasteiger partial charge in [0.1, 0.15) is 5.82 Å². The van der Waals surface area contributed by atoms with Gasteiger partial charge in [-0.25, -0.2) is 9.37 Å². The largest absolute Gasteiger partial charge is 0.481 e. The van der Waals surface area contributed by atoms with Gasteiger partial charge in [-0.3, -0.25) is 4.79 Å². The fraction of sp³-hybridized carbons (Fsp3) is 0.333. The third-order valence-electron chi connectivity index (χ3n) is 1.85. The number of carbonyl (C=O) groups is 1. The molecule has 1 aromatic rings. The van der Waals surface area contributed by atoms with Crippen LogP contribution >= 0.6 is 0 Å². The molecule has 1 aromatic heterocycles. The number of carboxylic acid groups (broad SMARTS) is 1. The highest BCUT2D eigenvalue weighted by Gasteiger charge is 2.15. The summed E-state index contributed by atoms with van der Waals surface area (Å²) in [5, 5.41) is 8.57. The Morgan fingerprint density at radius 3 is 2.86 bits per heavy atom. The summed E-state index contributed by atoms with van der Waals surface area (Å²) in [5.74, 6) is -3.27. The number of rotatable bonds is 3. The predicted octanol–water partition coefficient (Wildman–Crippen LogP) is 1.62. The lowest BCUT2D eigenvalue weighted by Crippen LogP contribution is -2.13. The van der Waals surface area contributed by atoms with Crippen LogP contribution in [0, 0.1) is 17.7 Å². The monoisotopic (exact) mass is 201 g/mol. The van der Waals surface area contributed by atoms with Crippen LogP contribution in [0.3, 0.4) is 0 Å². The third kappa shape index (κ3) is 2.48. The van der Waals surface area contributed by atoms with Gasteiger partial charge in [0, 0.05) is 0 Å². The summed E-state index contributed by atoms with van der Waals surface area (Å²) < 4.78 is 25.5. The SMILES string of the molecule is CC(Cc1cc(F)ncc1F)C(=O)O. The molecule has 0 fully saturated rings. The number of nitrogens with zero attached hydrogens (tertiary/aromatic N) is 1. The van der Waals surface area contributed by atoms with Crippen molar-refractivity contribution >= 4 is 5.97 Å². The first-order valence-electron chi connectivity index (χ1n) is 4.03. The molecule has 1 unspecified atom stereocenters. The maximum atomic E-state index is 13.0. The summed E-state index contributed by atoms with van der Waals surface area (Å²) in [4.78, 5) is 13.6. The molecular formula is C9H9F2NO2. The lowest BCUT2D eigenvalue weighted by Gasteiger charge is -2.06. The maximum absolute atomic E-state index is 13.0. The molecule has 1 heterocycles. The van der Waals surface area contributed by atoms with E-state index in [0.717, 1.165) is 12.3 Å². The lowest BCUT2D eigenvalue weighted by atomic mass is 10.0. The molecule has 0 aromatic carbocycles. The van der Waals surface area contributed by atoms with Crippen molar-refractivity contribution in [1.82, 2.24) is 4.98 Å². The molecule has 0 bridgehead atoms. The van der Waals surface area contributed by atoms with E-state index in [1.807, 2.05) is 0 Å². The lowest BCUT2D eigenvalue weighted by molar-refractivity contribution is -0.141. The highest BCUT2D eigenvalue weighted by Crippen LogP contribution is 2.12. The number of pyridine rings is 1. The quantitative estimate of drug-likeness (QED) is 0.756. The van der Waals surface area contributed by atoms with Gasteiger partial charge >= 0.3 is 5.97 Å². The van der Waals surface area contributed by atoms with Crippen LogP contribution in [0.5, 0.6) is 0 Å². The molecule has 0 aliphatic heterocycles. The van der Waals surface area contributed by atoms with Crippen molar-refractivity contribution in [1.29, 1.82) is 0 Å². The molecule has 14 heavy (non-hydrogen) atoms. The summed E-state index contributed by atoms with van der Waals surface area (Å²) in [6.07, 6.45) is 0.708. The van der Waals surface area contributed by atoms with Crippen LogP contribution in [0.1, 0.15) is 12.5 Å². The van der Waals surface area contributed by atoms with Crippen molar-refractivity contribution in [2.24, 2.45) is 5.92 Å². The Labute approximate surface area is 79.4 Å². The van der Waals surface area contributed by atoms with Gasteiger partial charge in [0.2, 0.25) is 5.95 Å². The first kappa shape index (κ1) is 10.6. The van der Waals surface area contributed by atoms with Crippen LogP contribution in [0.15, 0.2) is 12.3 Å². The topological polar surface area (TPSA) is 50.2 Å². The second-order valence-electron chi connectivity index (χ2n) is 3.04. The molecule has 0 aliphatic carbocycles. The Hall–Kier alpha value is -1.52. The van der Waals surface area contributed by atoms with E-state index < -0.39 is 23.7 Å². The Bertz CT molecular complexity index is 355. The van der Waals surface area contributed by atoms with Crippen molar-refractivity contribution < 1.29 is 18.7 Å². The molecule has 5 heteroatoms. The number of halogens is 2. The average Bonchev–Trinajstić information content (AvgIpc) is 2.11. The van der Waals surface area contributed by atoms with E-state index in [4.69, 9.17) is 5.11 Å². The molecule has 0 aliphatic rings. The van der Waals surface area contributed by atoms with Crippen LogP contribution in [-0.4, -0.2) is 16.1 Å². The van der Waals surface area contributed by atoms with Gasteiger partial charge in [0.05, 0.1) is 12.1 Å². The van der Waals surface area contributed by atoms with Crippen molar-refractivity contribution in [2.75, 3.05) is 0 Å². The minimum atomic E-state index is -1.04. The molecule has 0 saturated carbocycles. The fourth-order valence-corrected chi connectivity index (χ4v) is 1.02. The van der Waals surface area contributed by atoms with E-state index in [1.54, 1.807) is 0 Å². The van der Waals surface area contributed by atoms with Gasteiger partial charge in [0.15, 0.2) is 0 Å². The van der Waals surface area contributed by atoms with E-state index in [1.165, 1.54) is 6.92 Å². The van der Waals surface area contributed by atoms with E-state index in [0.29, 0.717) is 0 Å². The predicted molar refractivity (Wildman–Crippen MR) is 44.7 cm³/mol. The zero-order valence-corrected chi connectivity index (χ0v) is 7.50. The smallest absolute Gasteiger partial charge is 0.306 e. The first-order valence-corrected chi connectivity index (χ1v) is 4.03. The van der Waals surface area contributed by atoms with Crippen molar-refractivity contribution in [3.63, 3.8) is 0 Å². The van der Waals surface area contributed by atoms with E-state index >= 15 is 0 Å². The number of hydrogen-bond donors (Lipinski definition) is 1. The van der Waals surface area contributed by atoms with Gasteiger partial charge in [0.25, 0.3) is 0 Å². The summed E-state index contributed by atoms with van der Waals surface area (Å²) >= 11 is 0. The van der Waals surface area contributed by atoms with E-state index in [-0.39, 0.29) is 12.0 Å². The molecule has 1 rings (SSSR count). The maximum Gasteiger partial charge on any atom is 0.306 e. The van der Waals surface area contributed by atoms with Crippen molar-refractivity contribution in [3.05, 3.63) is 29.6 Å². The summed E-state index contributed by atoms with van der Waals surface area (Å²) in [6, 6.07) is 0.911. The van der Waals surface area contributed by atoms with Gasteiger partial charge in [-0.2, -0.15) is 4.39 Å². The molecule has 0 saturated heterocycles. The van der Waals surface area contributed by atoms with Gasteiger partial charge in [-0.15, -0.1) is 0 Å². The Balaban J connectivity index is 2.85. The minimum absolute atomic E-state index is 0.0346. The Morgan fingerprint density at radius 2 is 2.29 bits per heavy atom. The highest BCUT2D eigenvalue weighted by molar-refractivity contribution is 5.69. The van der Waals surface area contributed by atoms with Crippen LogP contribution in [0.2, 0.25) is 0 Å². The van der Waals surface area contributed by atoms with Crippen molar-refractivity contribution in [3.8, 4) is 0 Å². The molecule has 1 atom stereocenters. The number of carboxylic acids is 1. The zero-order chi connectivity index (χ0) is 10.7. The van der Waals surface area contributed by atoms with Gasteiger partial charge < -0.3 is 5.11 Å². The van der Waals surface area contributed by atoms with Crippen LogP contribution in [0.25, 0.3) is 0 Å². The number of aliphatic carboxylic acids is 1. The molecule has 3 nitrogen and oxygen atoms in total. The van der Waals surface area contributed by atoms with Crippen LogP contribution < -0.4 is 0 Å². The molecule has 76 valence electrons. The minimum Gasteiger partial charge on any atom is -0.481 e. The molecular weight excluding hydrogens is 192 g/mol. The summed E-state index contributed by atoms with van der Waals surface area (Å²) in [5.41, 5.74) is 0.0346. The molecule has 0 amide bonds. The number of aromatic nitrogens is 1. The second kappa shape index (κ2) is 4.13. The van der Waals surface area contributed by atoms with E-state index in [9.17, 15) is 13.6 Å². The zero-order valence-electron chi connectivity index (χ0n) is 7.50. The third-order valence-corrected chi connectivity index (χ3v) is 1.85. The normalized spacial score (nSPS) is 12.5. The number of hydrogen-bond acceptors (Lipinski definition) is 2. The average molecular weight is 201 g/mol. The standard InChI is InChI=1S/C9H9F2NO2/c1-5(9(13)14)2-6-3-8(11)12-4-7(6)10/h3-5H,2H2,1H3,(H,13,14). The van der Waals surface area contributed by atoms with Crippen molar-refractivity contribution in [2.45, 2.75) is 13.3 Å². The Kier molecular flexibility index (Phi) is 3.11. The molecule has 1 N–H and O–H groups in total. The molecule has 0 radical (unpaired) electrons. The first-order chi connectivity index (χ1) is 6.50. The van der Waals surface area contributed by atoms with Crippen LogP contribution in [0.4, 0.5) is 8.78 Å². The molecule has 0 spiro atoms.